The summed E-state index contributed by atoms with van der Waals surface area (Å²) in [5.74, 6) is 1.59. The average Bonchev–Trinajstić information content (AvgIpc) is 3.23. The summed E-state index contributed by atoms with van der Waals surface area (Å²) in [5, 5.41) is 22.5. The van der Waals surface area contributed by atoms with Crippen molar-refractivity contribution in [3.63, 3.8) is 0 Å². The van der Waals surface area contributed by atoms with Crippen molar-refractivity contribution in [2.45, 2.75) is 70.0 Å². The SMILES string of the molecule is CC(Sc1nnc(C(C)Oc2ccccc2C(C)C)n1C(C)C)C(=O)Nc1ccc([N+](=O)[O-])cc1. The summed E-state index contributed by atoms with van der Waals surface area (Å²) in [4.78, 5) is 23.1. The van der Waals surface area contributed by atoms with E-state index >= 15 is 0 Å². The van der Waals surface area contributed by atoms with Crippen LogP contribution in [0.2, 0.25) is 0 Å². The number of non-ortho nitro benzene ring substituents is 1. The van der Waals surface area contributed by atoms with Gasteiger partial charge in [0.25, 0.3) is 5.69 Å². The standard InChI is InChI=1S/C25H31N5O4S/c1-15(2)21-9-7-8-10-22(21)34-17(5)23-27-28-25(29(23)16(3)4)35-18(6)24(31)26-19-11-13-20(14-12-19)30(32)33/h7-18H,1-6H3,(H,26,31). The zero-order valence-electron chi connectivity index (χ0n) is 20.8. The maximum Gasteiger partial charge on any atom is 0.269 e. The van der Waals surface area contributed by atoms with E-state index in [1.807, 2.05) is 43.5 Å². The molecule has 0 fully saturated rings. The van der Waals surface area contributed by atoms with Crippen LogP contribution in [0.1, 0.15) is 71.0 Å². The molecule has 2 atom stereocenters. The molecule has 9 nitrogen and oxygen atoms in total. The molecule has 3 aromatic rings. The smallest absolute Gasteiger partial charge is 0.269 e. The van der Waals surface area contributed by atoms with E-state index in [9.17, 15) is 14.9 Å². The fourth-order valence-corrected chi connectivity index (χ4v) is 4.55. The van der Waals surface area contributed by atoms with E-state index in [0.29, 0.717) is 22.6 Å². The number of nitro groups is 1. The van der Waals surface area contributed by atoms with Crippen molar-refractivity contribution in [3.05, 3.63) is 70.0 Å². The van der Waals surface area contributed by atoms with Crippen molar-refractivity contribution in [3.8, 4) is 5.75 Å². The number of rotatable bonds is 10. The Morgan fingerprint density at radius 1 is 1.03 bits per heavy atom. The van der Waals surface area contributed by atoms with Gasteiger partial charge >= 0.3 is 0 Å². The van der Waals surface area contributed by atoms with Gasteiger partial charge in [-0.2, -0.15) is 0 Å². The molecule has 1 aromatic heterocycles. The maximum atomic E-state index is 12.8. The summed E-state index contributed by atoms with van der Waals surface area (Å²) in [6.07, 6.45) is -0.344. The zero-order valence-corrected chi connectivity index (χ0v) is 21.6. The first-order valence-electron chi connectivity index (χ1n) is 11.5. The van der Waals surface area contributed by atoms with Crippen molar-refractivity contribution < 1.29 is 14.5 Å². The summed E-state index contributed by atoms with van der Waals surface area (Å²) < 4.78 is 8.28. The maximum absolute atomic E-state index is 12.8. The number of hydrogen-bond donors (Lipinski definition) is 1. The van der Waals surface area contributed by atoms with Crippen LogP contribution in [0.25, 0.3) is 0 Å². The largest absolute Gasteiger partial charge is 0.482 e. The van der Waals surface area contributed by atoms with Crippen LogP contribution in [-0.4, -0.2) is 30.8 Å². The minimum absolute atomic E-state index is 0.0321. The summed E-state index contributed by atoms with van der Waals surface area (Å²) in [5.41, 5.74) is 1.58. The lowest BCUT2D eigenvalue weighted by Gasteiger charge is -2.21. The number of amides is 1. The van der Waals surface area contributed by atoms with Gasteiger partial charge in [-0.3, -0.25) is 14.9 Å². The van der Waals surface area contributed by atoms with Gasteiger partial charge in [0.15, 0.2) is 17.1 Å². The Bertz CT molecular complexity index is 1180. The minimum atomic E-state index is -0.480. The second-order valence-electron chi connectivity index (χ2n) is 8.81. The lowest BCUT2D eigenvalue weighted by atomic mass is 10.0. The van der Waals surface area contributed by atoms with E-state index in [1.165, 1.54) is 36.0 Å². The first kappa shape index (κ1) is 26.2. The Morgan fingerprint density at radius 2 is 1.69 bits per heavy atom. The normalized spacial score (nSPS) is 13.0. The molecule has 186 valence electrons. The van der Waals surface area contributed by atoms with Crippen LogP contribution >= 0.6 is 11.8 Å². The molecule has 3 rings (SSSR count). The predicted octanol–water partition coefficient (Wildman–Crippen LogP) is 6.15. The Labute approximate surface area is 209 Å². The van der Waals surface area contributed by atoms with Gasteiger partial charge in [-0.15, -0.1) is 10.2 Å². The van der Waals surface area contributed by atoms with Gasteiger partial charge in [0.2, 0.25) is 5.91 Å². The first-order valence-corrected chi connectivity index (χ1v) is 12.4. The molecule has 0 aliphatic rings. The predicted molar refractivity (Wildman–Crippen MR) is 137 cm³/mol. The highest BCUT2D eigenvalue weighted by atomic mass is 32.2. The molecule has 2 aromatic carbocycles. The summed E-state index contributed by atoms with van der Waals surface area (Å²) in [6, 6.07) is 13.8. The van der Waals surface area contributed by atoms with Gasteiger partial charge in [-0.25, -0.2) is 0 Å². The minimum Gasteiger partial charge on any atom is -0.482 e. The quantitative estimate of drug-likeness (QED) is 0.203. The van der Waals surface area contributed by atoms with Crippen molar-refractivity contribution in [2.75, 3.05) is 5.32 Å². The fraction of sp³-hybridized carbons (Fsp3) is 0.400. The molecular formula is C25H31N5O4S. The molecule has 0 saturated heterocycles. The molecule has 1 amide bonds. The van der Waals surface area contributed by atoms with Gasteiger partial charge in [0.1, 0.15) is 5.75 Å². The molecule has 2 unspecified atom stereocenters. The number of aromatic nitrogens is 3. The van der Waals surface area contributed by atoms with E-state index in [4.69, 9.17) is 4.74 Å². The van der Waals surface area contributed by atoms with Crippen LogP contribution in [0.3, 0.4) is 0 Å². The zero-order chi connectivity index (χ0) is 25.7. The van der Waals surface area contributed by atoms with E-state index < -0.39 is 10.2 Å². The topological polar surface area (TPSA) is 112 Å². The summed E-state index contributed by atoms with van der Waals surface area (Å²) in [7, 11) is 0. The summed E-state index contributed by atoms with van der Waals surface area (Å²) >= 11 is 1.30. The Morgan fingerprint density at radius 3 is 2.29 bits per heavy atom. The van der Waals surface area contributed by atoms with Crippen LogP contribution in [0.4, 0.5) is 11.4 Å². The second-order valence-corrected chi connectivity index (χ2v) is 10.1. The Kier molecular flexibility index (Phi) is 8.50. The third kappa shape index (κ3) is 6.39. The molecule has 0 bridgehead atoms. The number of nitrogens with one attached hydrogen (secondary N) is 1. The highest BCUT2D eigenvalue weighted by Gasteiger charge is 2.25. The van der Waals surface area contributed by atoms with E-state index in [-0.39, 0.29) is 23.7 Å². The fourth-order valence-electron chi connectivity index (χ4n) is 3.56. The number of para-hydroxylation sites is 1. The molecule has 1 N–H and O–H groups in total. The van der Waals surface area contributed by atoms with Crippen LogP contribution < -0.4 is 10.1 Å². The van der Waals surface area contributed by atoms with E-state index in [2.05, 4.69) is 35.4 Å². The van der Waals surface area contributed by atoms with Gasteiger partial charge in [-0.1, -0.05) is 43.8 Å². The highest BCUT2D eigenvalue weighted by molar-refractivity contribution is 8.00. The highest BCUT2D eigenvalue weighted by Crippen LogP contribution is 2.33. The van der Waals surface area contributed by atoms with Crippen LogP contribution in [-0.2, 0) is 4.79 Å². The number of carbonyl (C=O) groups excluding carboxylic acids is 1. The third-order valence-corrected chi connectivity index (χ3v) is 6.47. The first-order chi connectivity index (χ1) is 16.6. The number of hydrogen-bond acceptors (Lipinski definition) is 7. The van der Waals surface area contributed by atoms with Crippen molar-refractivity contribution in [2.24, 2.45) is 0 Å². The van der Waals surface area contributed by atoms with Gasteiger partial charge in [0.05, 0.1) is 10.2 Å². The molecule has 0 spiro atoms. The molecule has 10 heteroatoms. The Balaban J connectivity index is 1.74. The Hall–Kier alpha value is -3.40. The molecule has 35 heavy (non-hydrogen) atoms. The number of anilines is 1. The number of thioether (sulfide) groups is 1. The van der Waals surface area contributed by atoms with Crippen LogP contribution in [0.15, 0.2) is 53.7 Å². The second kappa shape index (κ2) is 11.4. The van der Waals surface area contributed by atoms with E-state index in [0.717, 1.165) is 11.3 Å². The van der Waals surface area contributed by atoms with Crippen LogP contribution in [0.5, 0.6) is 5.75 Å². The van der Waals surface area contributed by atoms with Crippen molar-refractivity contribution in [1.82, 2.24) is 14.8 Å². The van der Waals surface area contributed by atoms with Gasteiger partial charge < -0.3 is 14.6 Å². The average molecular weight is 498 g/mol. The monoisotopic (exact) mass is 497 g/mol. The molecule has 1 heterocycles. The van der Waals surface area contributed by atoms with Gasteiger partial charge in [-0.05, 0) is 57.4 Å². The van der Waals surface area contributed by atoms with Crippen LogP contribution in [0, 0.1) is 10.1 Å². The van der Waals surface area contributed by atoms with Crippen molar-refractivity contribution in [1.29, 1.82) is 0 Å². The van der Waals surface area contributed by atoms with E-state index in [1.54, 1.807) is 6.92 Å². The van der Waals surface area contributed by atoms with Crippen molar-refractivity contribution >= 4 is 29.0 Å². The lowest BCUT2D eigenvalue weighted by molar-refractivity contribution is -0.384. The number of nitro benzene ring substituents is 1. The number of ether oxygens (including phenoxy) is 1. The number of carbonyl (C=O) groups is 1. The number of nitrogens with zero attached hydrogens (tertiary/aromatic N) is 4. The third-order valence-electron chi connectivity index (χ3n) is 5.41. The molecule has 0 saturated carbocycles. The van der Waals surface area contributed by atoms with Gasteiger partial charge in [0, 0.05) is 23.9 Å². The molecular weight excluding hydrogens is 466 g/mol. The summed E-state index contributed by atoms with van der Waals surface area (Å²) in [6.45, 7) is 12.0. The molecule has 0 aliphatic heterocycles. The number of benzene rings is 2. The molecule has 0 aliphatic carbocycles. The molecule has 0 radical (unpaired) electrons. The lowest BCUT2D eigenvalue weighted by Crippen LogP contribution is -2.23.